The number of carbonyl (C=O) groups excluding carboxylic acids is 2. The zero-order valence-corrected chi connectivity index (χ0v) is 20.3. The van der Waals surface area contributed by atoms with E-state index in [9.17, 15) is 14.7 Å². The molecule has 0 bridgehead atoms. The lowest BCUT2D eigenvalue weighted by molar-refractivity contribution is -0.132. The second-order valence-corrected chi connectivity index (χ2v) is 9.27. The summed E-state index contributed by atoms with van der Waals surface area (Å²) in [6.07, 6.45) is 2.44. The minimum atomic E-state index is -0.911. The van der Waals surface area contributed by atoms with Crippen molar-refractivity contribution in [1.29, 1.82) is 0 Å². The number of ketones is 1. The average molecular weight is 486 g/mol. The number of benzene rings is 2. The van der Waals surface area contributed by atoms with Crippen molar-refractivity contribution < 1.29 is 19.4 Å². The predicted molar refractivity (Wildman–Crippen MR) is 136 cm³/mol. The third-order valence-corrected chi connectivity index (χ3v) is 7.17. The number of aliphatic hydroxyl groups is 1. The quantitative estimate of drug-likeness (QED) is 0.237. The van der Waals surface area contributed by atoms with Crippen LogP contribution in [0.25, 0.3) is 16.0 Å². The Labute approximate surface area is 206 Å². The van der Waals surface area contributed by atoms with E-state index in [1.54, 1.807) is 43.6 Å². The fourth-order valence-electron chi connectivity index (χ4n) is 4.27. The summed E-state index contributed by atoms with van der Waals surface area (Å²) >= 11 is 1.28. The van der Waals surface area contributed by atoms with E-state index in [-0.39, 0.29) is 11.3 Å². The van der Waals surface area contributed by atoms with E-state index in [1.165, 1.54) is 16.2 Å². The van der Waals surface area contributed by atoms with Crippen molar-refractivity contribution in [2.24, 2.45) is 0 Å². The summed E-state index contributed by atoms with van der Waals surface area (Å²) in [5, 5.41) is 11.6. The lowest BCUT2D eigenvalue weighted by atomic mass is 9.97. The number of rotatable bonds is 5. The number of aryl methyl sites for hydroxylation is 2. The molecule has 1 unspecified atom stereocenters. The Bertz CT molecular complexity index is 1480. The molecule has 176 valence electrons. The van der Waals surface area contributed by atoms with Gasteiger partial charge >= 0.3 is 5.91 Å². The number of pyridine rings is 1. The van der Waals surface area contributed by atoms with Crippen molar-refractivity contribution in [1.82, 2.24) is 9.97 Å². The van der Waals surface area contributed by atoms with Gasteiger partial charge in [0.05, 0.1) is 28.6 Å². The first-order valence-electron chi connectivity index (χ1n) is 11.2. The molecule has 7 nitrogen and oxygen atoms in total. The van der Waals surface area contributed by atoms with Gasteiger partial charge in [-0.25, -0.2) is 4.98 Å². The molecule has 0 spiro atoms. The first-order chi connectivity index (χ1) is 16.9. The van der Waals surface area contributed by atoms with Crippen LogP contribution >= 0.6 is 11.3 Å². The van der Waals surface area contributed by atoms with E-state index in [0.29, 0.717) is 27.7 Å². The molecule has 1 atom stereocenters. The molecule has 8 heteroatoms. The summed E-state index contributed by atoms with van der Waals surface area (Å²) < 4.78 is 6.24. The number of amides is 1. The Morgan fingerprint density at radius 2 is 1.91 bits per heavy atom. The van der Waals surface area contributed by atoms with Gasteiger partial charge in [0.15, 0.2) is 5.13 Å². The van der Waals surface area contributed by atoms with Crippen molar-refractivity contribution in [2.45, 2.75) is 26.3 Å². The van der Waals surface area contributed by atoms with Crippen LogP contribution in [-0.2, 0) is 16.0 Å². The molecule has 1 N–H and O–H groups in total. The number of nitrogens with zero attached hydrogens (tertiary/aromatic N) is 3. The molecule has 2 aromatic heterocycles. The average Bonchev–Trinajstić information content (AvgIpc) is 3.40. The van der Waals surface area contributed by atoms with Gasteiger partial charge in [-0.05, 0) is 48.7 Å². The number of Topliss-reactive ketones (excluding diaryl/α,β-unsaturated/α-hetero) is 1. The maximum absolute atomic E-state index is 13.3. The third-order valence-electron chi connectivity index (χ3n) is 6.15. The number of thiazole rings is 1. The van der Waals surface area contributed by atoms with E-state index in [4.69, 9.17) is 4.74 Å². The van der Waals surface area contributed by atoms with Crippen molar-refractivity contribution in [3.05, 3.63) is 88.8 Å². The predicted octanol–water partition coefficient (Wildman–Crippen LogP) is 5.20. The first-order valence-corrected chi connectivity index (χ1v) is 12.0. The van der Waals surface area contributed by atoms with E-state index >= 15 is 0 Å². The lowest BCUT2D eigenvalue weighted by Crippen LogP contribution is -2.29. The molecule has 35 heavy (non-hydrogen) atoms. The van der Waals surface area contributed by atoms with Gasteiger partial charge in [0.2, 0.25) is 0 Å². The number of hydrogen-bond acceptors (Lipinski definition) is 7. The Hall–Kier alpha value is -4.04. The zero-order valence-electron chi connectivity index (χ0n) is 19.5. The highest BCUT2D eigenvalue weighted by atomic mass is 32.1. The van der Waals surface area contributed by atoms with Crippen LogP contribution < -0.4 is 9.64 Å². The maximum Gasteiger partial charge on any atom is 0.301 e. The number of ether oxygens (including phenoxy) is 1. The number of anilines is 1. The topological polar surface area (TPSA) is 92.6 Å². The SMILES string of the molecule is CCc1ccc(/C(O)=C2\C(=O)C(=O)N(c3nc4cc(C)c(OC)cc4s3)C2c2ccccn2)cc1. The highest BCUT2D eigenvalue weighted by molar-refractivity contribution is 7.22. The molecule has 0 radical (unpaired) electrons. The van der Waals surface area contributed by atoms with Gasteiger partial charge in [-0.3, -0.25) is 19.5 Å². The summed E-state index contributed by atoms with van der Waals surface area (Å²) in [7, 11) is 1.60. The van der Waals surface area contributed by atoms with Crippen LogP contribution in [0.5, 0.6) is 5.75 Å². The third kappa shape index (κ3) is 3.85. The molecule has 1 aliphatic rings. The normalized spacial score (nSPS) is 17.3. The molecule has 0 saturated carbocycles. The van der Waals surface area contributed by atoms with Gasteiger partial charge in [0, 0.05) is 11.8 Å². The summed E-state index contributed by atoms with van der Waals surface area (Å²) in [6.45, 7) is 3.96. The number of hydrogen-bond donors (Lipinski definition) is 1. The van der Waals surface area contributed by atoms with E-state index in [2.05, 4.69) is 9.97 Å². The monoisotopic (exact) mass is 485 g/mol. The minimum absolute atomic E-state index is 0.00837. The van der Waals surface area contributed by atoms with Crippen molar-refractivity contribution in [3.63, 3.8) is 0 Å². The van der Waals surface area contributed by atoms with Gasteiger partial charge in [0.25, 0.3) is 5.78 Å². The second kappa shape index (κ2) is 8.96. The van der Waals surface area contributed by atoms with Gasteiger partial charge in [0.1, 0.15) is 17.6 Å². The van der Waals surface area contributed by atoms with Crippen molar-refractivity contribution >= 4 is 44.1 Å². The van der Waals surface area contributed by atoms with Crippen LogP contribution in [0.15, 0.2) is 66.4 Å². The Morgan fingerprint density at radius 1 is 1.14 bits per heavy atom. The highest BCUT2D eigenvalue weighted by Crippen LogP contribution is 2.44. The van der Waals surface area contributed by atoms with Crippen LogP contribution in [0.1, 0.15) is 35.3 Å². The van der Waals surface area contributed by atoms with Gasteiger partial charge < -0.3 is 9.84 Å². The molecule has 1 aliphatic heterocycles. The summed E-state index contributed by atoms with van der Waals surface area (Å²) in [6, 6.07) is 15.4. The summed E-state index contributed by atoms with van der Waals surface area (Å²) in [4.78, 5) is 37.1. The first kappa shape index (κ1) is 22.7. The molecule has 1 amide bonds. The Kier molecular flexibility index (Phi) is 5.82. The second-order valence-electron chi connectivity index (χ2n) is 8.26. The molecule has 1 fully saturated rings. The summed E-state index contributed by atoms with van der Waals surface area (Å²) in [5.74, 6) is -1.05. The maximum atomic E-state index is 13.3. The Morgan fingerprint density at radius 3 is 2.57 bits per heavy atom. The number of carbonyl (C=O) groups is 2. The number of aliphatic hydroxyl groups excluding tert-OH is 1. The van der Waals surface area contributed by atoms with Crippen LogP contribution in [-0.4, -0.2) is 33.9 Å². The van der Waals surface area contributed by atoms with Gasteiger partial charge in [-0.1, -0.05) is 48.6 Å². The standard InChI is InChI=1S/C27H23N3O4S/c1-4-16-8-10-17(11-9-16)24(31)22-23(18-7-5-6-12-28-18)30(26(33)25(22)32)27-29-19-13-15(2)20(34-3)14-21(19)35-27/h5-14,23,31H,4H2,1-3H3/b24-22+. The molecule has 0 aliphatic carbocycles. The fraction of sp³-hybridized carbons (Fsp3) is 0.185. The van der Waals surface area contributed by atoms with E-state index < -0.39 is 17.7 Å². The van der Waals surface area contributed by atoms with Crippen molar-refractivity contribution in [3.8, 4) is 5.75 Å². The van der Waals surface area contributed by atoms with Crippen LogP contribution in [0.2, 0.25) is 0 Å². The zero-order chi connectivity index (χ0) is 24.7. The van der Waals surface area contributed by atoms with E-state index in [0.717, 1.165) is 22.2 Å². The Balaban J connectivity index is 1.69. The summed E-state index contributed by atoms with van der Waals surface area (Å²) in [5.41, 5.74) is 3.63. The molecular formula is C27H23N3O4S. The molecular weight excluding hydrogens is 462 g/mol. The minimum Gasteiger partial charge on any atom is -0.507 e. The molecule has 5 rings (SSSR count). The van der Waals surface area contributed by atoms with Gasteiger partial charge in [-0.15, -0.1) is 0 Å². The highest BCUT2D eigenvalue weighted by Gasteiger charge is 2.48. The number of fused-ring (bicyclic) bond motifs is 1. The molecule has 1 saturated heterocycles. The smallest absolute Gasteiger partial charge is 0.301 e. The lowest BCUT2D eigenvalue weighted by Gasteiger charge is -2.21. The fourth-order valence-corrected chi connectivity index (χ4v) is 5.27. The molecule has 4 aromatic rings. The largest absolute Gasteiger partial charge is 0.507 e. The molecule has 3 heterocycles. The van der Waals surface area contributed by atoms with E-state index in [1.807, 2.05) is 38.1 Å². The van der Waals surface area contributed by atoms with Crippen LogP contribution in [0.3, 0.4) is 0 Å². The van der Waals surface area contributed by atoms with Crippen LogP contribution in [0.4, 0.5) is 5.13 Å². The van der Waals surface area contributed by atoms with Crippen molar-refractivity contribution in [2.75, 3.05) is 12.0 Å². The number of aromatic nitrogens is 2. The van der Waals surface area contributed by atoms with Gasteiger partial charge in [-0.2, -0.15) is 0 Å². The molecule has 2 aromatic carbocycles. The number of methoxy groups -OCH3 is 1. The van der Waals surface area contributed by atoms with Crippen LogP contribution in [0, 0.1) is 6.92 Å².